The van der Waals surface area contributed by atoms with Crippen LogP contribution in [0.15, 0.2) is 67.3 Å². The molecule has 1 aromatic heterocycles. The molecule has 140 valence electrons. The first-order valence-electron chi connectivity index (χ1n) is 9.39. The molecule has 5 nitrogen and oxygen atoms in total. The first kappa shape index (κ1) is 18.2. The van der Waals surface area contributed by atoms with Crippen LogP contribution in [0.3, 0.4) is 0 Å². The van der Waals surface area contributed by atoms with Crippen LogP contribution in [0.4, 0.5) is 0 Å². The molecule has 6 heteroatoms. The standard InChI is InChI=1S/C21H24ClN5/c22-20-8-6-19(7-9-20)21(18-4-2-1-3-5-18)26-13-10-25(11-14-26)12-15-27-17-23-16-24-27/h1-9,16-17,21H,10-15H2. The van der Waals surface area contributed by atoms with Crippen molar-refractivity contribution in [3.8, 4) is 0 Å². The van der Waals surface area contributed by atoms with Gasteiger partial charge in [-0.25, -0.2) is 4.98 Å². The normalized spacial score (nSPS) is 17.1. The van der Waals surface area contributed by atoms with Crippen LogP contribution in [0.1, 0.15) is 17.2 Å². The maximum absolute atomic E-state index is 6.11. The van der Waals surface area contributed by atoms with Gasteiger partial charge in [-0.1, -0.05) is 54.1 Å². The average molecular weight is 382 g/mol. The van der Waals surface area contributed by atoms with Crippen molar-refractivity contribution in [3.05, 3.63) is 83.4 Å². The molecule has 0 saturated carbocycles. The minimum atomic E-state index is 0.265. The number of hydrogen-bond acceptors (Lipinski definition) is 4. The summed E-state index contributed by atoms with van der Waals surface area (Å²) in [4.78, 5) is 9.09. The summed E-state index contributed by atoms with van der Waals surface area (Å²) in [6.07, 6.45) is 3.37. The molecule has 0 spiro atoms. The molecular formula is C21H24ClN5. The minimum Gasteiger partial charge on any atom is -0.299 e. The number of hydrogen-bond donors (Lipinski definition) is 0. The maximum Gasteiger partial charge on any atom is 0.137 e. The molecule has 1 aliphatic heterocycles. The predicted molar refractivity (Wildman–Crippen MR) is 108 cm³/mol. The Labute approximate surface area is 165 Å². The quantitative estimate of drug-likeness (QED) is 0.656. The summed E-state index contributed by atoms with van der Waals surface area (Å²) in [5.74, 6) is 0. The van der Waals surface area contributed by atoms with Crippen LogP contribution in [0.25, 0.3) is 0 Å². The summed E-state index contributed by atoms with van der Waals surface area (Å²) in [6, 6.07) is 19.3. The van der Waals surface area contributed by atoms with Crippen LogP contribution in [-0.4, -0.2) is 57.3 Å². The molecule has 0 radical (unpaired) electrons. The second-order valence-electron chi connectivity index (χ2n) is 6.90. The Morgan fingerprint density at radius 1 is 0.852 bits per heavy atom. The van der Waals surface area contributed by atoms with Crippen LogP contribution in [-0.2, 0) is 6.54 Å². The Bertz CT molecular complexity index is 812. The molecule has 1 fully saturated rings. The smallest absolute Gasteiger partial charge is 0.137 e. The lowest BCUT2D eigenvalue weighted by molar-refractivity contribution is 0.106. The number of piperazine rings is 1. The highest BCUT2D eigenvalue weighted by Crippen LogP contribution is 2.30. The summed E-state index contributed by atoms with van der Waals surface area (Å²) >= 11 is 6.11. The topological polar surface area (TPSA) is 37.2 Å². The van der Waals surface area contributed by atoms with E-state index in [1.807, 2.05) is 16.8 Å². The van der Waals surface area contributed by atoms with Crippen molar-refractivity contribution in [2.24, 2.45) is 0 Å². The van der Waals surface area contributed by atoms with Gasteiger partial charge < -0.3 is 0 Å². The molecule has 0 aliphatic carbocycles. The largest absolute Gasteiger partial charge is 0.299 e. The Balaban J connectivity index is 1.44. The van der Waals surface area contributed by atoms with Gasteiger partial charge in [0.1, 0.15) is 12.7 Å². The van der Waals surface area contributed by atoms with Gasteiger partial charge in [-0.2, -0.15) is 5.10 Å². The second-order valence-corrected chi connectivity index (χ2v) is 7.34. The van der Waals surface area contributed by atoms with E-state index in [4.69, 9.17) is 11.6 Å². The van der Waals surface area contributed by atoms with Crippen molar-refractivity contribution in [2.75, 3.05) is 32.7 Å². The van der Waals surface area contributed by atoms with Crippen LogP contribution in [0.2, 0.25) is 5.02 Å². The summed E-state index contributed by atoms with van der Waals surface area (Å²) in [6.45, 7) is 6.10. The third-order valence-corrected chi connectivity index (χ3v) is 5.44. The molecule has 2 heterocycles. The van der Waals surface area contributed by atoms with Crippen molar-refractivity contribution in [3.63, 3.8) is 0 Å². The SMILES string of the molecule is Clc1ccc(C(c2ccccc2)N2CCN(CCn3cncn3)CC2)cc1. The summed E-state index contributed by atoms with van der Waals surface area (Å²) in [5.41, 5.74) is 2.62. The Morgan fingerprint density at radius 3 is 2.22 bits per heavy atom. The van der Waals surface area contributed by atoms with Crippen LogP contribution in [0, 0.1) is 0 Å². The molecule has 27 heavy (non-hydrogen) atoms. The van der Waals surface area contributed by atoms with E-state index in [9.17, 15) is 0 Å². The van der Waals surface area contributed by atoms with E-state index in [1.54, 1.807) is 12.7 Å². The van der Waals surface area contributed by atoms with E-state index in [2.05, 4.69) is 62.3 Å². The number of benzene rings is 2. The number of rotatable bonds is 6. The Morgan fingerprint density at radius 2 is 1.56 bits per heavy atom. The number of nitrogens with zero attached hydrogens (tertiary/aromatic N) is 5. The molecular weight excluding hydrogens is 358 g/mol. The van der Waals surface area contributed by atoms with Gasteiger partial charge in [-0.15, -0.1) is 0 Å². The van der Waals surface area contributed by atoms with Crippen molar-refractivity contribution >= 4 is 11.6 Å². The fraction of sp³-hybridized carbons (Fsp3) is 0.333. The first-order chi connectivity index (χ1) is 13.3. The maximum atomic E-state index is 6.11. The third-order valence-electron chi connectivity index (χ3n) is 5.18. The van der Waals surface area contributed by atoms with E-state index in [1.165, 1.54) is 11.1 Å². The Kier molecular flexibility index (Phi) is 5.82. The van der Waals surface area contributed by atoms with Gasteiger partial charge in [0, 0.05) is 37.7 Å². The van der Waals surface area contributed by atoms with E-state index >= 15 is 0 Å². The van der Waals surface area contributed by atoms with Gasteiger partial charge >= 0.3 is 0 Å². The van der Waals surface area contributed by atoms with E-state index in [0.717, 1.165) is 44.3 Å². The van der Waals surface area contributed by atoms with E-state index in [0.29, 0.717) is 0 Å². The molecule has 4 rings (SSSR count). The number of halogens is 1. The lowest BCUT2D eigenvalue weighted by Crippen LogP contribution is -2.48. The predicted octanol–water partition coefficient (Wildman–Crippen LogP) is 3.34. The molecule has 1 unspecified atom stereocenters. The average Bonchev–Trinajstić information content (AvgIpc) is 3.24. The van der Waals surface area contributed by atoms with Crippen LogP contribution in [0.5, 0.6) is 0 Å². The second kappa shape index (κ2) is 8.65. The highest BCUT2D eigenvalue weighted by Gasteiger charge is 2.26. The van der Waals surface area contributed by atoms with Gasteiger partial charge in [-0.05, 0) is 23.3 Å². The highest BCUT2D eigenvalue weighted by atomic mass is 35.5. The van der Waals surface area contributed by atoms with E-state index < -0.39 is 0 Å². The molecule has 0 N–H and O–H groups in total. The summed E-state index contributed by atoms with van der Waals surface area (Å²) in [5, 5.41) is 4.97. The zero-order valence-corrected chi connectivity index (χ0v) is 16.0. The molecule has 0 bridgehead atoms. The van der Waals surface area contributed by atoms with Crippen molar-refractivity contribution in [2.45, 2.75) is 12.6 Å². The summed E-state index contributed by atoms with van der Waals surface area (Å²) in [7, 11) is 0. The minimum absolute atomic E-state index is 0.265. The zero-order chi connectivity index (χ0) is 18.5. The van der Waals surface area contributed by atoms with Crippen LogP contribution < -0.4 is 0 Å². The van der Waals surface area contributed by atoms with Crippen molar-refractivity contribution in [1.29, 1.82) is 0 Å². The molecule has 1 aliphatic rings. The number of aromatic nitrogens is 3. The van der Waals surface area contributed by atoms with Gasteiger partial charge in [0.25, 0.3) is 0 Å². The Hall–Kier alpha value is -2.21. The lowest BCUT2D eigenvalue weighted by atomic mass is 9.96. The van der Waals surface area contributed by atoms with Gasteiger partial charge in [0.15, 0.2) is 0 Å². The first-order valence-corrected chi connectivity index (χ1v) is 9.76. The fourth-order valence-electron chi connectivity index (χ4n) is 3.73. The molecule has 2 aromatic carbocycles. The highest BCUT2D eigenvalue weighted by molar-refractivity contribution is 6.30. The van der Waals surface area contributed by atoms with Gasteiger partial charge in [-0.3, -0.25) is 14.5 Å². The fourth-order valence-corrected chi connectivity index (χ4v) is 3.86. The summed E-state index contributed by atoms with van der Waals surface area (Å²) < 4.78 is 1.90. The monoisotopic (exact) mass is 381 g/mol. The molecule has 1 saturated heterocycles. The molecule has 3 aromatic rings. The molecule has 0 amide bonds. The van der Waals surface area contributed by atoms with E-state index in [-0.39, 0.29) is 6.04 Å². The lowest BCUT2D eigenvalue weighted by Gasteiger charge is -2.39. The van der Waals surface area contributed by atoms with Crippen LogP contribution >= 0.6 is 11.6 Å². The van der Waals surface area contributed by atoms with Crippen molar-refractivity contribution in [1.82, 2.24) is 24.6 Å². The zero-order valence-electron chi connectivity index (χ0n) is 15.3. The molecule has 1 atom stereocenters. The van der Waals surface area contributed by atoms with Gasteiger partial charge in [0.05, 0.1) is 12.6 Å². The van der Waals surface area contributed by atoms with Crippen molar-refractivity contribution < 1.29 is 0 Å². The third kappa shape index (κ3) is 4.56. The van der Waals surface area contributed by atoms with Gasteiger partial charge in [0.2, 0.25) is 0 Å².